The van der Waals surface area contributed by atoms with Crippen molar-refractivity contribution < 1.29 is 21.8 Å². The van der Waals surface area contributed by atoms with Gasteiger partial charge in [-0.15, -0.1) is 11.6 Å². The normalized spacial score (nSPS) is 10.9. The van der Waals surface area contributed by atoms with Gasteiger partial charge in [0, 0.05) is 18.1 Å². The number of carbonyl (C=O) groups excluding carboxylic acids is 1. The van der Waals surface area contributed by atoms with Crippen molar-refractivity contribution in [2.75, 3.05) is 17.7 Å². The molecule has 0 spiro atoms. The first kappa shape index (κ1) is 18.0. The van der Waals surface area contributed by atoms with E-state index < -0.39 is 22.0 Å². The Balaban J connectivity index is 2.05. The number of amides is 2. The summed E-state index contributed by atoms with van der Waals surface area (Å²) in [6, 6.07) is 9.57. The highest BCUT2D eigenvalue weighted by atomic mass is 35.5. The van der Waals surface area contributed by atoms with Crippen molar-refractivity contribution in [1.29, 1.82) is 0 Å². The lowest BCUT2D eigenvalue weighted by atomic mass is 10.3. The molecule has 0 atom stereocenters. The average molecular weight is 373 g/mol. The first-order valence-corrected chi connectivity index (χ1v) is 8.76. The number of halogens is 2. The molecule has 2 amide bonds. The van der Waals surface area contributed by atoms with Crippen molar-refractivity contribution in [1.82, 2.24) is 5.32 Å². The maximum Gasteiger partial charge on any atom is 0.339 e. The zero-order valence-corrected chi connectivity index (χ0v) is 13.9. The van der Waals surface area contributed by atoms with Crippen molar-refractivity contribution in [3.8, 4) is 5.75 Å². The maximum absolute atomic E-state index is 12.8. The number of benzene rings is 2. The van der Waals surface area contributed by atoms with Gasteiger partial charge < -0.3 is 14.8 Å². The molecule has 0 aliphatic carbocycles. The molecule has 0 aliphatic heterocycles. The predicted molar refractivity (Wildman–Crippen MR) is 88.4 cm³/mol. The first-order chi connectivity index (χ1) is 11.4. The van der Waals surface area contributed by atoms with Gasteiger partial charge in [-0.3, -0.25) is 0 Å². The molecule has 0 aromatic heterocycles. The van der Waals surface area contributed by atoms with Crippen LogP contribution in [-0.2, 0) is 10.1 Å². The van der Waals surface area contributed by atoms with Crippen molar-refractivity contribution >= 4 is 33.4 Å². The third-order valence-corrected chi connectivity index (χ3v) is 4.25. The molecular weight excluding hydrogens is 359 g/mol. The Morgan fingerprint density at radius 3 is 2.29 bits per heavy atom. The summed E-state index contributed by atoms with van der Waals surface area (Å²) in [5, 5.41) is 5.03. The zero-order chi connectivity index (χ0) is 17.6. The van der Waals surface area contributed by atoms with Gasteiger partial charge in [-0.1, -0.05) is 0 Å². The van der Waals surface area contributed by atoms with Gasteiger partial charge in [0.1, 0.15) is 16.5 Å². The molecule has 6 nitrogen and oxygen atoms in total. The molecule has 9 heteroatoms. The molecule has 0 radical (unpaired) electrons. The number of nitrogens with one attached hydrogen (secondary N) is 2. The largest absolute Gasteiger partial charge is 0.379 e. The fourth-order valence-electron chi connectivity index (χ4n) is 1.71. The summed E-state index contributed by atoms with van der Waals surface area (Å²) in [6.45, 7) is 0.311. The van der Waals surface area contributed by atoms with Crippen LogP contribution in [0.15, 0.2) is 53.4 Å². The molecule has 128 valence electrons. The van der Waals surface area contributed by atoms with E-state index in [2.05, 4.69) is 10.6 Å². The summed E-state index contributed by atoms with van der Waals surface area (Å²) in [6.07, 6.45) is 0. The first-order valence-electron chi connectivity index (χ1n) is 6.81. The second-order valence-electron chi connectivity index (χ2n) is 4.59. The lowest BCUT2D eigenvalue weighted by molar-refractivity contribution is 0.252. The van der Waals surface area contributed by atoms with E-state index in [-0.39, 0.29) is 16.5 Å². The predicted octanol–water partition coefficient (Wildman–Crippen LogP) is 2.95. The Labute approximate surface area is 143 Å². The van der Waals surface area contributed by atoms with Crippen LogP contribution < -0.4 is 14.8 Å². The summed E-state index contributed by atoms with van der Waals surface area (Å²) in [7, 11) is -4.05. The van der Waals surface area contributed by atoms with Gasteiger partial charge in [0.25, 0.3) is 0 Å². The van der Waals surface area contributed by atoms with Gasteiger partial charge in [0.15, 0.2) is 0 Å². The summed E-state index contributed by atoms with van der Waals surface area (Å²) in [5.74, 6) is -0.215. The van der Waals surface area contributed by atoms with E-state index in [9.17, 15) is 17.6 Å². The number of carbonyl (C=O) groups is 1. The van der Waals surface area contributed by atoms with Gasteiger partial charge >= 0.3 is 16.1 Å². The minimum Gasteiger partial charge on any atom is -0.379 e. The molecule has 2 aromatic rings. The summed E-state index contributed by atoms with van der Waals surface area (Å²) < 4.78 is 42.0. The highest BCUT2D eigenvalue weighted by molar-refractivity contribution is 7.87. The third kappa shape index (κ3) is 5.10. The van der Waals surface area contributed by atoms with Crippen LogP contribution in [-0.4, -0.2) is 26.9 Å². The lowest BCUT2D eigenvalue weighted by Gasteiger charge is -2.09. The molecule has 0 fully saturated rings. The monoisotopic (exact) mass is 372 g/mol. The van der Waals surface area contributed by atoms with Crippen molar-refractivity contribution in [2.45, 2.75) is 4.90 Å². The van der Waals surface area contributed by atoms with Crippen LogP contribution in [0, 0.1) is 5.82 Å². The number of hydrogen-bond acceptors (Lipinski definition) is 4. The van der Waals surface area contributed by atoms with E-state index in [1.54, 1.807) is 0 Å². The van der Waals surface area contributed by atoms with Gasteiger partial charge in [0.05, 0.1) is 0 Å². The standard InChI is InChI=1S/C15H14ClFN2O4S/c16-9-10-18-15(20)19-12-3-7-14(8-4-12)24(21,22)23-13-5-1-11(17)2-6-13/h1-8H,9-10H2,(H2,18,19,20). The third-order valence-electron chi connectivity index (χ3n) is 2.80. The van der Waals surface area contributed by atoms with Crippen LogP contribution >= 0.6 is 11.6 Å². The zero-order valence-electron chi connectivity index (χ0n) is 12.3. The van der Waals surface area contributed by atoms with E-state index >= 15 is 0 Å². The minimum absolute atomic E-state index is 0.000876. The molecule has 0 heterocycles. The van der Waals surface area contributed by atoms with Crippen molar-refractivity contribution in [3.05, 3.63) is 54.3 Å². The number of rotatable bonds is 6. The Morgan fingerprint density at radius 1 is 1.08 bits per heavy atom. The smallest absolute Gasteiger partial charge is 0.339 e. The van der Waals surface area contributed by atoms with Crippen LogP contribution in [0.4, 0.5) is 14.9 Å². The highest BCUT2D eigenvalue weighted by Gasteiger charge is 2.16. The van der Waals surface area contributed by atoms with Gasteiger partial charge in [0.2, 0.25) is 0 Å². The number of urea groups is 1. The molecule has 0 unspecified atom stereocenters. The highest BCUT2D eigenvalue weighted by Crippen LogP contribution is 2.20. The Morgan fingerprint density at radius 2 is 1.71 bits per heavy atom. The minimum atomic E-state index is -4.05. The number of hydrogen-bond donors (Lipinski definition) is 2. The molecule has 24 heavy (non-hydrogen) atoms. The SMILES string of the molecule is O=C(NCCCl)Nc1ccc(S(=O)(=O)Oc2ccc(F)cc2)cc1. The fraction of sp³-hybridized carbons (Fsp3) is 0.133. The van der Waals surface area contributed by atoms with E-state index in [4.69, 9.17) is 15.8 Å². The molecule has 2 rings (SSSR count). The second-order valence-corrected chi connectivity index (χ2v) is 6.51. The van der Waals surface area contributed by atoms with Crippen LogP contribution in [0.2, 0.25) is 0 Å². The van der Waals surface area contributed by atoms with E-state index in [1.165, 1.54) is 36.4 Å². The van der Waals surface area contributed by atoms with E-state index in [0.717, 1.165) is 12.1 Å². The summed E-state index contributed by atoms with van der Waals surface area (Å²) in [4.78, 5) is 11.4. The molecule has 0 bridgehead atoms. The van der Waals surface area contributed by atoms with Crippen LogP contribution in [0.3, 0.4) is 0 Å². The van der Waals surface area contributed by atoms with Gasteiger partial charge in [-0.25, -0.2) is 9.18 Å². The van der Waals surface area contributed by atoms with Crippen LogP contribution in [0.25, 0.3) is 0 Å². The van der Waals surface area contributed by atoms with E-state index in [1.807, 2.05) is 0 Å². The molecule has 2 aromatic carbocycles. The van der Waals surface area contributed by atoms with Gasteiger partial charge in [-0.05, 0) is 48.5 Å². The van der Waals surface area contributed by atoms with Crippen LogP contribution in [0.5, 0.6) is 5.75 Å². The summed E-state index contributed by atoms with van der Waals surface area (Å²) in [5.41, 5.74) is 0.405. The number of anilines is 1. The lowest BCUT2D eigenvalue weighted by Crippen LogP contribution is -2.30. The Bertz CT molecular complexity index is 795. The molecule has 2 N–H and O–H groups in total. The van der Waals surface area contributed by atoms with Crippen molar-refractivity contribution in [2.24, 2.45) is 0 Å². The molecule has 0 aliphatic rings. The maximum atomic E-state index is 12.8. The van der Waals surface area contributed by atoms with Crippen molar-refractivity contribution in [3.63, 3.8) is 0 Å². The quantitative estimate of drug-likeness (QED) is 0.603. The Kier molecular flexibility index (Phi) is 5.99. The average Bonchev–Trinajstić information content (AvgIpc) is 2.55. The van der Waals surface area contributed by atoms with Gasteiger partial charge in [-0.2, -0.15) is 8.42 Å². The fourth-order valence-corrected chi connectivity index (χ4v) is 2.73. The molecule has 0 saturated heterocycles. The Hall–Kier alpha value is -2.32. The molecule has 0 saturated carbocycles. The summed E-state index contributed by atoms with van der Waals surface area (Å²) >= 11 is 5.45. The number of alkyl halides is 1. The van der Waals surface area contributed by atoms with E-state index in [0.29, 0.717) is 12.2 Å². The second kappa shape index (κ2) is 7.98. The topological polar surface area (TPSA) is 84.5 Å². The molecular formula is C15H14ClFN2O4S. The van der Waals surface area contributed by atoms with Crippen LogP contribution in [0.1, 0.15) is 0 Å².